The molecule has 5 heteroatoms. The molecule has 2 aromatic rings. The molecular formula is C11H7Cl3OS. The Balaban J connectivity index is 2.41. The molecule has 1 N–H and O–H groups in total. The van der Waals surface area contributed by atoms with Gasteiger partial charge in [-0.3, -0.25) is 0 Å². The third kappa shape index (κ3) is 2.53. The minimum absolute atomic E-state index is 0.495. The van der Waals surface area contributed by atoms with E-state index in [1.54, 1.807) is 24.3 Å². The van der Waals surface area contributed by atoms with Crippen molar-refractivity contribution in [2.75, 3.05) is 0 Å². The van der Waals surface area contributed by atoms with E-state index in [1.807, 2.05) is 5.38 Å². The van der Waals surface area contributed by atoms with Crippen molar-refractivity contribution in [2.24, 2.45) is 0 Å². The summed E-state index contributed by atoms with van der Waals surface area (Å²) >= 11 is 19.1. The molecule has 0 radical (unpaired) electrons. The van der Waals surface area contributed by atoms with Gasteiger partial charge in [0, 0.05) is 10.0 Å². The number of halogens is 3. The Morgan fingerprint density at radius 3 is 2.19 bits per heavy atom. The highest BCUT2D eigenvalue weighted by molar-refractivity contribution is 7.10. The Kier molecular flexibility index (Phi) is 3.77. The van der Waals surface area contributed by atoms with Gasteiger partial charge in [-0.2, -0.15) is 0 Å². The minimum Gasteiger partial charge on any atom is -0.383 e. The number of hydrogen-bond donors (Lipinski definition) is 1. The molecule has 0 aliphatic heterocycles. The van der Waals surface area contributed by atoms with E-state index in [0.717, 1.165) is 0 Å². The van der Waals surface area contributed by atoms with Crippen molar-refractivity contribution in [3.8, 4) is 0 Å². The van der Waals surface area contributed by atoms with Crippen molar-refractivity contribution >= 4 is 46.1 Å². The van der Waals surface area contributed by atoms with Crippen LogP contribution in [0.3, 0.4) is 0 Å². The van der Waals surface area contributed by atoms with E-state index in [-0.39, 0.29) is 0 Å². The number of benzene rings is 1. The molecule has 1 nitrogen and oxygen atoms in total. The van der Waals surface area contributed by atoms with Crippen LogP contribution in [0.2, 0.25) is 15.1 Å². The molecule has 1 unspecified atom stereocenters. The van der Waals surface area contributed by atoms with Crippen molar-refractivity contribution in [3.05, 3.63) is 55.2 Å². The highest BCUT2D eigenvalue weighted by Gasteiger charge is 2.16. The van der Waals surface area contributed by atoms with Gasteiger partial charge in [0.15, 0.2) is 0 Å². The summed E-state index contributed by atoms with van der Waals surface area (Å²) in [5, 5.41) is 13.5. The van der Waals surface area contributed by atoms with E-state index in [4.69, 9.17) is 34.8 Å². The lowest BCUT2D eigenvalue weighted by molar-refractivity contribution is 0.224. The lowest BCUT2D eigenvalue weighted by atomic mass is 10.1. The summed E-state index contributed by atoms with van der Waals surface area (Å²) in [6.45, 7) is 0. The van der Waals surface area contributed by atoms with E-state index in [1.165, 1.54) is 11.3 Å². The van der Waals surface area contributed by atoms with E-state index in [0.29, 0.717) is 25.5 Å². The SMILES string of the molecule is OC(c1cc(Cl)cc(Cl)c1)c1sccc1Cl. The van der Waals surface area contributed by atoms with E-state index in [2.05, 4.69) is 0 Å². The molecule has 1 heterocycles. The molecule has 1 atom stereocenters. The van der Waals surface area contributed by atoms with Crippen molar-refractivity contribution in [2.45, 2.75) is 6.10 Å². The highest BCUT2D eigenvalue weighted by atomic mass is 35.5. The van der Waals surface area contributed by atoms with Gasteiger partial charge in [-0.15, -0.1) is 11.3 Å². The Morgan fingerprint density at radius 1 is 1.06 bits per heavy atom. The summed E-state index contributed by atoms with van der Waals surface area (Å²) in [7, 11) is 0. The van der Waals surface area contributed by atoms with Crippen LogP contribution < -0.4 is 0 Å². The summed E-state index contributed by atoms with van der Waals surface area (Å²) in [5.74, 6) is 0. The predicted molar refractivity (Wildman–Crippen MR) is 69.9 cm³/mol. The van der Waals surface area contributed by atoms with Gasteiger partial charge in [0.1, 0.15) is 6.10 Å². The fourth-order valence-corrected chi connectivity index (χ4v) is 3.10. The van der Waals surface area contributed by atoms with Crippen LogP contribution in [-0.2, 0) is 0 Å². The second-order valence-electron chi connectivity index (χ2n) is 3.24. The van der Waals surface area contributed by atoms with Crippen molar-refractivity contribution < 1.29 is 5.11 Å². The third-order valence-corrected chi connectivity index (χ3v) is 3.94. The number of thiophene rings is 1. The second-order valence-corrected chi connectivity index (χ2v) is 5.47. The lowest BCUT2D eigenvalue weighted by Crippen LogP contribution is -1.97. The molecule has 1 aromatic carbocycles. The van der Waals surface area contributed by atoms with Crippen LogP contribution in [0.15, 0.2) is 29.6 Å². The van der Waals surface area contributed by atoms with E-state index in [9.17, 15) is 5.11 Å². The van der Waals surface area contributed by atoms with E-state index < -0.39 is 6.10 Å². The fraction of sp³-hybridized carbons (Fsp3) is 0.0909. The molecule has 0 spiro atoms. The van der Waals surface area contributed by atoms with Gasteiger partial charge in [-0.05, 0) is 35.2 Å². The molecule has 0 saturated heterocycles. The first kappa shape index (κ1) is 12.2. The quantitative estimate of drug-likeness (QED) is 0.844. The molecule has 0 saturated carbocycles. The van der Waals surface area contributed by atoms with Crippen molar-refractivity contribution in [3.63, 3.8) is 0 Å². The summed E-state index contributed by atoms with van der Waals surface area (Å²) in [4.78, 5) is 0.694. The molecule has 2 rings (SSSR count). The van der Waals surface area contributed by atoms with Gasteiger partial charge < -0.3 is 5.11 Å². The van der Waals surface area contributed by atoms with Crippen LogP contribution in [0.1, 0.15) is 16.5 Å². The smallest absolute Gasteiger partial charge is 0.115 e. The van der Waals surface area contributed by atoms with Gasteiger partial charge in [0.05, 0.1) is 9.90 Å². The maximum absolute atomic E-state index is 10.1. The maximum Gasteiger partial charge on any atom is 0.115 e. The first-order valence-corrected chi connectivity index (χ1v) is 6.46. The van der Waals surface area contributed by atoms with Crippen LogP contribution in [-0.4, -0.2) is 5.11 Å². The van der Waals surface area contributed by atoms with Crippen LogP contribution >= 0.6 is 46.1 Å². The average molecular weight is 294 g/mol. The van der Waals surface area contributed by atoms with Gasteiger partial charge in [0.2, 0.25) is 0 Å². The number of aliphatic hydroxyl groups is 1. The minimum atomic E-state index is -0.788. The Morgan fingerprint density at radius 2 is 1.69 bits per heavy atom. The molecule has 16 heavy (non-hydrogen) atoms. The molecular weight excluding hydrogens is 287 g/mol. The van der Waals surface area contributed by atoms with Gasteiger partial charge in [-0.1, -0.05) is 34.8 Å². The molecule has 0 aliphatic carbocycles. The van der Waals surface area contributed by atoms with Crippen LogP contribution in [0.4, 0.5) is 0 Å². The standard InChI is InChI=1S/C11H7Cl3OS/c12-7-3-6(4-8(13)5-7)10(15)11-9(14)1-2-16-11/h1-5,10,15H. The average Bonchev–Trinajstić information content (AvgIpc) is 2.62. The van der Waals surface area contributed by atoms with Crippen molar-refractivity contribution in [1.82, 2.24) is 0 Å². The van der Waals surface area contributed by atoms with Gasteiger partial charge in [0.25, 0.3) is 0 Å². The number of hydrogen-bond acceptors (Lipinski definition) is 2. The third-order valence-electron chi connectivity index (χ3n) is 2.09. The summed E-state index contributed by atoms with van der Waals surface area (Å²) in [6, 6.07) is 6.72. The predicted octanol–water partition coefficient (Wildman–Crippen LogP) is 4.79. The van der Waals surface area contributed by atoms with Gasteiger partial charge in [-0.25, -0.2) is 0 Å². The normalized spacial score (nSPS) is 12.8. The fourth-order valence-electron chi connectivity index (χ4n) is 1.38. The molecule has 0 aliphatic rings. The molecule has 0 bridgehead atoms. The van der Waals surface area contributed by atoms with Crippen LogP contribution in [0.25, 0.3) is 0 Å². The van der Waals surface area contributed by atoms with Crippen LogP contribution in [0, 0.1) is 0 Å². The lowest BCUT2D eigenvalue weighted by Gasteiger charge is -2.10. The molecule has 0 amide bonds. The zero-order valence-electron chi connectivity index (χ0n) is 7.95. The zero-order chi connectivity index (χ0) is 11.7. The Bertz CT molecular complexity index is 489. The Hall–Kier alpha value is -0.250. The second kappa shape index (κ2) is 4.94. The monoisotopic (exact) mass is 292 g/mol. The molecule has 1 aromatic heterocycles. The maximum atomic E-state index is 10.1. The first-order valence-electron chi connectivity index (χ1n) is 4.45. The topological polar surface area (TPSA) is 20.2 Å². The number of rotatable bonds is 2. The molecule has 84 valence electrons. The summed E-state index contributed by atoms with van der Waals surface area (Å²) < 4.78 is 0. The molecule has 0 fully saturated rings. The van der Waals surface area contributed by atoms with Crippen LogP contribution in [0.5, 0.6) is 0 Å². The van der Waals surface area contributed by atoms with Crippen molar-refractivity contribution in [1.29, 1.82) is 0 Å². The first-order chi connectivity index (χ1) is 7.58. The summed E-state index contributed by atoms with van der Waals surface area (Å²) in [6.07, 6.45) is -0.788. The van der Waals surface area contributed by atoms with E-state index >= 15 is 0 Å². The largest absolute Gasteiger partial charge is 0.383 e. The zero-order valence-corrected chi connectivity index (χ0v) is 11.0. The number of aliphatic hydroxyl groups excluding tert-OH is 1. The van der Waals surface area contributed by atoms with Gasteiger partial charge >= 0.3 is 0 Å². The highest BCUT2D eigenvalue weighted by Crippen LogP contribution is 2.34. The summed E-state index contributed by atoms with van der Waals surface area (Å²) in [5.41, 5.74) is 0.641. The Labute approximate surface area is 112 Å².